The van der Waals surface area contributed by atoms with Gasteiger partial charge in [-0.05, 0) is 72.4 Å². The Hall–Kier alpha value is -4.11. The summed E-state index contributed by atoms with van der Waals surface area (Å²) in [6, 6.07) is 17.0. The van der Waals surface area contributed by atoms with Gasteiger partial charge in [0.1, 0.15) is 4.90 Å². The predicted octanol–water partition coefficient (Wildman–Crippen LogP) is 5.40. The number of aryl methyl sites for hydroxylation is 2. The van der Waals surface area contributed by atoms with E-state index in [0.29, 0.717) is 16.8 Å². The average molecular weight is 538 g/mol. The van der Waals surface area contributed by atoms with Gasteiger partial charge in [-0.25, -0.2) is 4.79 Å². The molecule has 0 atom stereocenters. The van der Waals surface area contributed by atoms with Crippen molar-refractivity contribution in [3.05, 3.63) is 89.0 Å². The largest absolute Gasteiger partial charge is 0.493 e. The molecule has 0 radical (unpaired) electrons. The van der Waals surface area contributed by atoms with Crippen LogP contribution < -0.4 is 14.2 Å². The molecule has 1 N–H and O–H groups in total. The highest BCUT2D eigenvalue weighted by Gasteiger charge is 2.21. The van der Waals surface area contributed by atoms with E-state index >= 15 is 0 Å². The van der Waals surface area contributed by atoms with E-state index in [-0.39, 0.29) is 22.3 Å². The molecule has 9 heteroatoms. The van der Waals surface area contributed by atoms with Gasteiger partial charge in [-0.1, -0.05) is 50.2 Å². The summed E-state index contributed by atoms with van der Waals surface area (Å²) in [6.07, 6.45) is 2.62. The molecular formula is C29H31NO7S. The zero-order valence-corrected chi connectivity index (χ0v) is 22.8. The summed E-state index contributed by atoms with van der Waals surface area (Å²) in [5.41, 5.74) is 3.54. The molecular weight excluding hydrogens is 506 g/mol. The molecule has 0 aliphatic carbocycles. The number of para-hydroxylation sites is 1. The minimum atomic E-state index is -4.09. The molecule has 200 valence electrons. The number of anilines is 1. The lowest BCUT2D eigenvalue weighted by atomic mass is 10.0. The molecule has 3 aromatic rings. The second kappa shape index (κ2) is 12.4. The number of methoxy groups -OCH3 is 1. The number of nitrogens with one attached hydrogen (secondary N) is 1. The van der Waals surface area contributed by atoms with Crippen molar-refractivity contribution in [1.29, 1.82) is 0 Å². The van der Waals surface area contributed by atoms with Crippen LogP contribution in [0.3, 0.4) is 0 Å². The molecule has 0 heterocycles. The lowest BCUT2D eigenvalue weighted by Crippen LogP contribution is -2.21. The molecule has 0 spiro atoms. The molecule has 0 saturated heterocycles. The molecule has 0 fully saturated rings. The zero-order valence-electron chi connectivity index (χ0n) is 22.0. The third-order valence-corrected chi connectivity index (χ3v) is 6.99. The fourth-order valence-corrected chi connectivity index (χ4v) is 4.90. The van der Waals surface area contributed by atoms with Crippen LogP contribution in [-0.2, 0) is 24.4 Å². The number of amides is 1. The first-order chi connectivity index (χ1) is 18.0. The number of rotatable bonds is 10. The Bertz CT molecular complexity index is 1460. The van der Waals surface area contributed by atoms with Crippen LogP contribution in [-0.4, -0.2) is 34.0 Å². The van der Waals surface area contributed by atoms with Gasteiger partial charge in [0.25, 0.3) is 5.91 Å². The van der Waals surface area contributed by atoms with Crippen LogP contribution in [0.25, 0.3) is 6.08 Å². The number of carbonyl (C=O) groups excluding carboxylic acids is 2. The van der Waals surface area contributed by atoms with Gasteiger partial charge in [-0.3, -0.25) is 4.79 Å². The van der Waals surface area contributed by atoms with Crippen LogP contribution in [0.5, 0.6) is 11.5 Å². The SMILES string of the molecule is COc1cc(/C=C\C(=O)OCC(=O)Nc2ccccc2C(C)C)ccc1OS(=O)(=O)c1cc(C)ccc1C. The summed E-state index contributed by atoms with van der Waals surface area (Å²) in [4.78, 5) is 24.5. The van der Waals surface area contributed by atoms with Gasteiger partial charge in [0, 0.05) is 11.8 Å². The van der Waals surface area contributed by atoms with Crippen LogP contribution in [0.1, 0.15) is 42.0 Å². The maximum atomic E-state index is 12.9. The van der Waals surface area contributed by atoms with Crippen molar-refractivity contribution >= 4 is 33.8 Å². The molecule has 0 aliphatic rings. The van der Waals surface area contributed by atoms with Crippen molar-refractivity contribution in [2.75, 3.05) is 19.0 Å². The van der Waals surface area contributed by atoms with Gasteiger partial charge in [-0.2, -0.15) is 8.42 Å². The van der Waals surface area contributed by atoms with Gasteiger partial charge in [-0.15, -0.1) is 0 Å². The van der Waals surface area contributed by atoms with E-state index in [2.05, 4.69) is 5.32 Å². The minimum absolute atomic E-state index is 0.00600. The summed E-state index contributed by atoms with van der Waals surface area (Å²) in [7, 11) is -2.71. The topological polar surface area (TPSA) is 108 Å². The summed E-state index contributed by atoms with van der Waals surface area (Å²) in [5.74, 6) is -0.774. The molecule has 8 nitrogen and oxygen atoms in total. The third kappa shape index (κ3) is 7.45. The smallest absolute Gasteiger partial charge is 0.339 e. The number of ether oxygens (including phenoxy) is 2. The first-order valence-corrected chi connectivity index (χ1v) is 13.3. The van der Waals surface area contributed by atoms with E-state index in [0.717, 1.165) is 17.2 Å². The van der Waals surface area contributed by atoms with Gasteiger partial charge >= 0.3 is 16.1 Å². The fourth-order valence-electron chi connectivity index (χ4n) is 3.65. The second-order valence-electron chi connectivity index (χ2n) is 8.95. The standard InChI is InChI=1S/C29H31NO7S/c1-19(2)23-8-6-7-9-24(23)30-28(31)18-36-29(32)15-13-22-12-14-25(26(17-22)35-5)37-38(33,34)27-16-20(3)10-11-21(27)4/h6-17,19H,18H2,1-5H3,(H,30,31)/b15-13-. The van der Waals surface area contributed by atoms with Crippen LogP contribution in [0.15, 0.2) is 71.6 Å². The van der Waals surface area contributed by atoms with Gasteiger partial charge in [0.05, 0.1) is 7.11 Å². The van der Waals surface area contributed by atoms with Crippen molar-refractivity contribution in [3.63, 3.8) is 0 Å². The van der Waals surface area contributed by atoms with Crippen molar-refractivity contribution in [1.82, 2.24) is 0 Å². The molecule has 0 aliphatic heterocycles. The highest BCUT2D eigenvalue weighted by Crippen LogP contribution is 2.32. The maximum Gasteiger partial charge on any atom is 0.339 e. The summed E-state index contributed by atoms with van der Waals surface area (Å²) in [5, 5.41) is 2.76. The van der Waals surface area contributed by atoms with E-state index < -0.39 is 28.6 Å². The van der Waals surface area contributed by atoms with Crippen LogP contribution in [0.2, 0.25) is 0 Å². The Labute approximate surface area is 223 Å². The Morgan fingerprint density at radius 1 is 0.974 bits per heavy atom. The second-order valence-corrected chi connectivity index (χ2v) is 10.5. The van der Waals surface area contributed by atoms with Gasteiger partial charge in [0.15, 0.2) is 18.1 Å². The van der Waals surface area contributed by atoms with Crippen LogP contribution >= 0.6 is 0 Å². The molecule has 0 bridgehead atoms. The van der Waals surface area contributed by atoms with Crippen molar-refractivity contribution < 1.29 is 31.7 Å². The highest BCUT2D eigenvalue weighted by atomic mass is 32.2. The normalized spacial score (nSPS) is 11.4. The van der Waals surface area contributed by atoms with E-state index in [1.165, 1.54) is 25.3 Å². The first-order valence-electron chi connectivity index (χ1n) is 11.9. The van der Waals surface area contributed by atoms with Gasteiger partial charge < -0.3 is 19.0 Å². The zero-order chi connectivity index (χ0) is 27.9. The monoisotopic (exact) mass is 537 g/mol. The van der Waals surface area contributed by atoms with Gasteiger partial charge in [0.2, 0.25) is 0 Å². The number of hydrogen-bond donors (Lipinski definition) is 1. The molecule has 38 heavy (non-hydrogen) atoms. The highest BCUT2D eigenvalue weighted by molar-refractivity contribution is 7.87. The number of carbonyl (C=O) groups is 2. The lowest BCUT2D eigenvalue weighted by Gasteiger charge is -2.13. The predicted molar refractivity (Wildman–Crippen MR) is 146 cm³/mol. The lowest BCUT2D eigenvalue weighted by molar-refractivity contribution is -0.142. The van der Waals surface area contributed by atoms with E-state index in [4.69, 9.17) is 13.7 Å². The van der Waals surface area contributed by atoms with Crippen LogP contribution in [0, 0.1) is 13.8 Å². The number of benzene rings is 3. The summed E-state index contributed by atoms with van der Waals surface area (Å²) >= 11 is 0. The van der Waals surface area contributed by atoms with Crippen molar-refractivity contribution in [3.8, 4) is 11.5 Å². The first kappa shape index (κ1) is 28.5. The molecule has 1 amide bonds. The van der Waals surface area contributed by atoms with E-state index in [9.17, 15) is 18.0 Å². The Kier molecular flexibility index (Phi) is 9.30. The summed E-state index contributed by atoms with van der Waals surface area (Å²) < 4.78 is 41.4. The maximum absolute atomic E-state index is 12.9. The Balaban J connectivity index is 1.63. The van der Waals surface area contributed by atoms with Crippen molar-refractivity contribution in [2.45, 2.75) is 38.5 Å². The molecule has 3 rings (SSSR count). The quantitative estimate of drug-likeness (QED) is 0.210. The summed E-state index contributed by atoms with van der Waals surface area (Å²) in [6.45, 7) is 7.08. The Morgan fingerprint density at radius 2 is 1.71 bits per heavy atom. The minimum Gasteiger partial charge on any atom is -0.493 e. The van der Waals surface area contributed by atoms with Crippen LogP contribution in [0.4, 0.5) is 5.69 Å². The molecule has 0 unspecified atom stereocenters. The third-order valence-electron chi connectivity index (χ3n) is 5.61. The molecule has 0 aromatic heterocycles. The van der Waals surface area contributed by atoms with E-state index in [1.54, 1.807) is 38.1 Å². The number of hydrogen-bond acceptors (Lipinski definition) is 7. The molecule has 0 saturated carbocycles. The van der Waals surface area contributed by atoms with E-state index in [1.807, 2.05) is 38.1 Å². The van der Waals surface area contributed by atoms with Crippen molar-refractivity contribution in [2.24, 2.45) is 0 Å². The number of esters is 1. The Morgan fingerprint density at radius 3 is 2.42 bits per heavy atom. The fraction of sp³-hybridized carbons (Fsp3) is 0.241. The average Bonchev–Trinajstić information content (AvgIpc) is 2.88. The molecule has 3 aromatic carbocycles.